The Morgan fingerprint density at radius 3 is 1.97 bits per heavy atom. The highest BCUT2D eigenvalue weighted by atomic mass is 16.2. The molecule has 4 rings (SSSR count). The number of hydrogen-bond acceptors (Lipinski definition) is 3. The predicted octanol–water partition coefficient (Wildman–Crippen LogP) is 4.86. The van der Waals surface area contributed by atoms with E-state index < -0.39 is 0 Å². The Labute approximate surface area is 168 Å². The molecule has 5 nitrogen and oxygen atoms in total. The van der Waals surface area contributed by atoms with Crippen LogP contribution in [-0.4, -0.2) is 21.6 Å². The highest BCUT2D eigenvalue weighted by molar-refractivity contribution is 5.99. The van der Waals surface area contributed by atoms with Crippen molar-refractivity contribution in [2.45, 2.75) is 6.92 Å². The first-order valence-corrected chi connectivity index (χ1v) is 9.25. The van der Waals surface area contributed by atoms with E-state index >= 15 is 0 Å². The quantitative estimate of drug-likeness (QED) is 0.549. The zero-order valence-electron chi connectivity index (χ0n) is 15.9. The van der Waals surface area contributed by atoms with Gasteiger partial charge in [0, 0.05) is 29.3 Å². The third-order valence-electron chi connectivity index (χ3n) is 4.49. The topological polar surface area (TPSA) is 64.0 Å². The smallest absolute Gasteiger partial charge is 0.278 e. The van der Waals surface area contributed by atoms with Crippen LogP contribution in [0.25, 0.3) is 22.5 Å². The maximum Gasteiger partial charge on any atom is 0.278 e. The van der Waals surface area contributed by atoms with Crippen LogP contribution < -0.4 is 5.32 Å². The fourth-order valence-corrected chi connectivity index (χ4v) is 3.12. The van der Waals surface area contributed by atoms with Gasteiger partial charge in [-0.15, -0.1) is 0 Å². The van der Waals surface area contributed by atoms with Crippen LogP contribution in [0.5, 0.6) is 0 Å². The van der Waals surface area contributed by atoms with Crippen LogP contribution in [0.1, 0.15) is 17.3 Å². The normalized spacial score (nSPS) is 10.5. The largest absolute Gasteiger partial charge is 0.326 e. The number of aromatic nitrogens is 2. The van der Waals surface area contributed by atoms with E-state index in [1.165, 1.54) is 11.6 Å². The van der Waals surface area contributed by atoms with Gasteiger partial charge in [0.1, 0.15) is 0 Å². The summed E-state index contributed by atoms with van der Waals surface area (Å²) in [5.74, 6) is -0.393. The number of carbonyl (C=O) groups is 2. The third-order valence-corrected chi connectivity index (χ3v) is 4.49. The number of rotatable bonds is 4. The van der Waals surface area contributed by atoms with E-state index in [0.717, 1.165) is 22.5 Å². The van der Waals surface area contributed by atoms with Gasteiger partial charge in [0.15, 0.2) is 0 Å². The van der Waals surface area contributed by atoms with Crippen LogP contribution in [0.15, 0.2) is 91.0 Å². The standard InChI is InChI=1S/C24H19N3O2/c1-17(28)25-21-14-12-20(13-15-21)24(29)27-23(19-10-6-3-7-11-19)16-22(26-27)18-8-4-2-5-9-18/h2-16H,1H3,(H,25,28). The van der Waals surface area contributed by atoms with Gasteiger partial charge in [0.05, 0.1) is 11.4 Å². The minimum absolute atomic E-state index is 0.157. The summed E-state index contributed by atoms with van der Waals surface area (Å²) in [6.07, 6.45) is 0. The van der Waals surface area contributed by atoms with Crippen molar-refractivity contribution in [3.05, 3.63) is 96.6 Å². The highest BCUT2D eigenvalue weighted by Crippen LogP contribution is 2.27. The molecule has 4 aromatic rings. The molecular weight excluding hydrogens is 362 g/mol. The van der Waals surface area contributed by atoms with Gasteiger partial charge in [-0.2, -0.15) is 9.78 Å². The van der Waals surface area contributed by atoms with Crippen LogP contribution in [0.4, 0.5) is 5.69 Å². The summed E-state index contributed by atoms with van der Waals surface area (Å²) in [5, 5.41) is 7.30. The van der Waals surface area contributed by atoms with E-state index in [0.29, 0.717) is 11.3 Å². The third kappa shape index (κ3) is 3.99. The SMILES string of the molecule is CC(=O)Nc1ccc(C(=O)n2nc(-c3ccccc3)cc2-c2ccccc2)cc1. The van der Waals surface area contributed by atoms with Crippen molar-refractivity contribution in [2.24, 2.45) is 0 Å². The Kier molecular flexibility index (Phi) is 5.03. The van der Waals surface area contributed by atoms with Gasteiger partial charge in [0.25, 0.3) is 5.91 Å². The van der Waals surface area contributed by atoms with Gasteiger partial charge in [0.2, 0.25) is 5.91 Å². The lowest BCUT2D eigenvalue weighted by Gasteiger charge is -2.07. The molecule has 0 fully saturated rings. The van der Waals surface area contributed by atoms with Crippen LogP contribution in [0.3, 0.4) is 0 Å². The fraction of sp³-hybridized carbons (Fsp3) is 0.0417. The molecule has 0 atom stereocenters. The molecule has 3 aromatic carbocycles. The molecule has 0 saturated heterocycles. The summed E-state index contributed by atoms with van der Waals surface area (Å²) in [6, 6.07) is 28.2. The van der Waals surface area contributed by atoms with Gasteiger partial charge in [-0.05, 0) is 30.3 Å². The molecule has 0 aliphatic carbocycles. The Balaban J connectivity index is 1.76. The van der Waals surface area contributed by atoms with Gasteiger partial charge in [-0.25, -0.2) is 0 Å². The van der Waals surface area contributed by atoms with E-state index in [4.69, 9.17) is 0 Å². The van der Waals surface area contributed by atoms with Gasteiger partial charge in [-0.1, -0.05) is 60.7 Å². The minimum Gasteiger partial charge on any atom is -0.326 e. The van der Waals surface area contributed by atoms with Gasteiger partial charge < -0.3 is 5.32 Å². The lowest BCUT2D eigenvalue weighted by molar-refractivity contribution is -0.114. The lowest BCUT2D eigenvalue weighted by Crippen LogP contribution is -2.15. The summed E-state index contributed by atoms with van der Waals surface area (Å²) in [5.41, 5.74) is 4.43. The number of nitrogens with one attached hydrogen (secondary N) is 1. The average molecular weight is 381 g/mol. The number of carbonyl (C=O) groups excluding carboxylic acids is 2. The first-order chi connectivity index (χ1) is 14.1. The second kappa shape index (κ2) is 7.94. The molecule has 142 valence electrons. The summed E-state index contributed by atoms with van der Waals surface area (Å²) < 4.78 is 1.44. The molecule has 1 aromatic heterocycles. The van der Waals surface area contributed by atoms with Gasteiger partial charge >= 0.3 is 0 Å². The van der Waals surface area contributed by atoms with E-state index in [-0.39, 0.29) is 11.8 Å². The number of amides is 1. The monoisotopic (exact) mass is 381 g/mol. The van der Waals surface area contributed by atoms with Crippen molar-refractivity contribution in [2.75, 3.05) is 5.32 Å². The Morgan fingerprint density at radius 2 is 1.38 bits per heavy atom. The Hall–Kier alpha value is -3.99. The van der Waals surface area contributed by atoms with Crippen LogP contribution in [0, 0.1) is 0 Å². The summed E-state index contributed by atoms with van der Waals surface area (Å²) in [6.45, 7) is 1.44. The van der Waals surface area contributed by atoms with Crippen molar-refractivity contribution < 1.29 is 9.59 Å². The van der Waals surface area contributed by atoms with E-state index in [1.807, 2.05) is 66.7 Å². The number of hydrogen-bond donors (Lipinski definition) is 1. The first-order valence-electron chi connectivity index (χ1n) is 9.25. The molecular formula is C24H19N3O2. The molecule has 29 heavy (non-hydrogen) atoms. The Morgan fingerprint density at radius 1 is 0.793 bits per heavy atom. The molecule has 0 aliphatic heterocycles. The van der Waals surface area contributed by atoms with Crippen molar-refractivity contribution in [3.63, 3.8) is 0 Å². The molecule has 1 heterocycles. The van der Waals surface area contributed by atoms with Crippen LogP contribution in [-0.2, 0) is 4.79 Å². The molecule has 0 radical (unpaired) electrons. The second-order valence-electron chi connectivity index (χ2n) is 6.62. The number of nitrogens with zero attached hydrogens (tertiary/aromatic N) is 2. The first kappa shape index (κ1) is 18.4. The molecule has 5 heteroatoms. The summed E-state index contributed by atoms with van der Waals surface area (Å²) in [4.78, 5) is 24.4. The molecule has 1 amide bonds. The van der Waals surface area contributed by atoms with E-state index in [2.05, 4.69) is 10.4 Å². The van der Waals surface area contributed by atoms with Crippen molar-refractivity contribution in [1.82, 2.24) is 9.78 Å². The highest BCUT2D eigenvalue weighted by Gasteiger charge is 2.18. The number of benzene rings is 3. The number of anilines is 1. The van der Waals surface area contributed by atoms with Crippen LogP contribution >= 0.6 is 0 Å². The van der Waals surface area contributed by atoms with Crippen LogP contribution in [0.2, 0.25) is 0 Å². The van der Waals surface area contributed by atoms with Gasteiger partial charge in [-0.3, -0.25) is 9.59 Å². The molecule has 0 unspecified atom stereocenters. The molecule has 0 bridgehead atoms. The second-order valence-corrected chi connectivity index (χ2v) is 6.62. The van der Waals surface area contributed by atoms with Crippen molar-refractivity contribution >= 4 is 17.5 Å². The summed E-state index contributed by atoms with van der Waals surface area (Å²) >= 11 is 0. The van der Waals surface area contributed by atoms with Crippen molar-refractivity contribution in [3.8, 4) is 22.5 Å². The molecule has 0 spiro atoms. The average Bonchev–Trinajstić information content (AvgIpc) is 3.20. The maximum atomic E-state index is 13.2. The van der Waals surface area contributed by atoms with Crippen molar-refractivity contribution in [1.29, 1.82) is 0 Å². The molecule has 0 aliphatic rings. The lowest BCUT2D eigenvalue weighted by atomic mass is 10.1. The van der Waals surface area contributed by atoms with E-state index in [1.54, 1.807) is 24.3 Å². The maximum absolute atomic E-state index is 13.2. The predicted molar refractivity (Wildman–Crippen MR) is 114 cm³/mol. The fourth-order valence-electron chi connectivity index (χ4n) is 3.12. The minimum atomic E-state index is -0.236. The van der Waals surface area contributed by atoms with E-state index in [9.17, 15) is 9.59 Å². The summed E-state index contributed by atoms with van der Waals surface area (Å²) in [7, 11) is 0. The zero-order valence-corrected chi connectivity index (χ0v) is 15.9. The zero-order chi connectivity index (χ0) is 20.2. The Bertz CT molecular complexity index is 1150. The molecule has 1 N–H and O–H groups in total. The molecule has 0 saturated carbocycles.